The standard InChI is InChI=1S/C18H8ClF13O4/c19-11(33)9-5-7-1-2-8(6-10(7)36-12(9)34)35-4-3-13(20,21)14(22,23)15(24,25)16(26,27)17(28,29)18(30,31)32/h1-2,5-6H,3-4H2. The fraction of sp³-hybridized carbons (Fsp3) is 0.444. The molecule has 0 unspecified atom stereocenters. The third-order valence-electron chi connectivity index (χ3n) is 4.60. The van der Waals surface area contributed by atoms with E-state index in [9.17, 15) is 66.7 Å². The first-order chi connectivity index (χ1) is 16.0. The molecule has 0 atom stereocenters. The number of halogens is 14. The second kappa shape index (κ2) is 8.99. The van der Waals surface area contributed by atoms with Crippen molar-refractivity contribution in [2.45, 2.75) is 42.2 Å². The molecule has 1 aromatic heterocycles. The molecule has 0 saturated carbocycles. The van der Waals surface area contributed by atoms with Gasteiger partial charge < -0.3 is 9.15 Å². The van der Waals surface area contributed by atoms with Gasteiger partial charge >= 0.3 is 41.4 Å². The molecule has 0 fully saturated rings. The number of ether oxygens (including phenoxy) is 1. The van der Waals surface area contributed by atoms with Crippen molar-refractivity contribution in [2.75, 3.05) is 6.61 Å². The molecular weight excluding hydrogens is 563 g/mol. The highest BCUT2D eigenvalue weighted by molar-refractivity contribution is 6.67. The number of fused-ring (bicyclic) bond motifs is 1. The van der Waals surface area contributed by atoms with Crippen molar-refractivity contribution in [3.05, 3.63) is 40.2 Å². The van der Waals surface area contributed by atoms with Gasteiger partial charge in [-0.1, -0.05) is 0 Å². The SMILES string of the molecule is O=C(Cl)c1cc2ccc(OCCC(F)(F)C(F)(F)C(F)(F)C(F)(F)C(F)(F)C(F)(F)F)cc2oc1=O. The van der Waals surface area contributed by atoms with Gasteiger partial charge in [0.25, 0.3) is 5.24 Å². The molecule has 0 aliphatic rings. The van der Waals surface area contributed by atoms with E-state index in [4.69, 9.17) is 11.6 Å². The van der Waals surface area contributed by atoms with Crippen LogP contribution in [0.3, 0.4) is 0 Å². The maximum atomic E-state index is 13.8. The van der Waals surface area contributed by atoms with E-state index in [1.807, 2.05) is 0 Å². The van der Waals surface area contributed by atoms with Gasteiger partial charge in [0.2, 0.25) is 0 Å². The quantitative estimate of drug-likeness (QED) is 0.192. The molecule has 0 radical (unpaired) electrons. The van der Waals surface area contributed by atoms with Gasteiger partial charge in [-0.3, -0.25) is 4.79 Å². The topological polar surface area (TPSA) is 56.5 Å². The average Bonchev–Trinajstić information content (AvgIpc) is 2.71. The Bertz CT molecular complexity index is 1200. The molecule has 0 N–H and O–H groups in total. The van der Waals surface area contributed by atoms with Crippen molar-refractivity contribution >= 4 is 27.8 Å². The van der Waals surface area contributed by atoms with Crippen molar-refractivity contribution in [1.82, 2.24) is 0 Å². The molecule has 1 heterocycles. The molecule has 18 heteroatoms. The Labute approximate surface area is 194 Å². The fourth-order valence-electron chi connectivity index (χ4n) is 2.57. The van der Waals surface area contributed by atoms with Crippen LogP contribution < -0.4 is 10.4 Å². The summed E-state index contributed by atoms with van der Waals surface area (Å²) >= 11 is 5.14. The average molecular weight is 571 g/mol. The summed E-state index contributed by atoms with van der Waals surface area (Å²) in [6.45, 7) is -1.69. The Morgan fingerprint density at radius 3 is 1.83 bits per heavy atom. The van der Waals surface area contributed by atoms with E-state index in [1.165, 1.54) is 0 Å². The third kappa shape index (κ3) is 4.68. The zero-order valence-electron chi connectivity index (χ0n) is 16.6. The van der Waals surface area contributed by atoms with Gasteiger partial charge in [0.1, 0.15) is 16.9 Å². The molecule has 0 saturated heterocycles. The van der Waals surface area contributed by atoms with Gasteiger partial charge in [-0.25, -0.2) is 4.79 Å². The highest BCUT2D eigenvalue weighted by atomic mass is 35.5. The molecule has 2 rings (SSSR count). The van der Waals surface area contributed by atoms with Crippen LogP contribution in [-0.2, 0) is 0 Å². The number of rotatable bonds is 9. The number of hydrogen-bond donors (Lipinski definition) is 0. The Morgan fingerprint density at radius 2 is 1.33 bits per heavy atom. The Morgan fingerprint density at radius 1 is 0.806 bits per heavy atom. The van der Waals surface area contributed by atoms with E-state index in [0.29, 0.717) is 0 Å². The van der Waals surface area contributed by atoms with Crippen molar-refractivity contribution in [1.29, 1.82) is 0 Å². The van der Waals surface area contributed by atoms with Crippen LogP contribution in [0.1, 0.15) is 16.8 Å². The van der Waals surface area contributed by atoms with Crippen molar-refractivity contribution in [3.8, 4) is 5.75 Å². The van der Waals surface area contributed by atoms with Gasteiger partial charge in [-0.15, -0.1) is 0 Å². The van der Waals surface area contributed by atoms with Gasteiger partial charge in [-0.2, -0.15) is 57.1 Å². The lowest BCUT2D eigenvalue weighted by Gasteiger charge is -2.39. The predicted molar refractivity (Wildman–Crippen MR) is 93.6 cm³/mol. The van der Waals surface area contributed by atoms with E-state index in [-0.39, 0.29) is 11.0 Å². The van der Waals surface area contributed by atoms with Crippen LogP contribution in [-0.4, -0.2) is 47.6 Å². The van der Waals surface area contributed by atoms with Crippen molar-refractivity contribution in [2.24, 2.45) is 0 Å². The molecule has 1 aromatic carbocycles. The summed E-state index contributed by atoms with van der Waals surface area (Å²) in [5.41, 5.74) is -2.24. The fourth-order valence-corrected chi connectivity index (χ4v) is 2.71. The molecule has 202 valence electrons. The van der Waals surface area contributed by atoms with Crippen molar-refractivity contribution in [3.63, 3.8) is 0 Å². The summed E-state index contributed by atoms with van der Waals surface area (Å²) in [5.74, 6) is -37.9. The highest BCUT2D eigenvalue weighted by Gasteiger charge is 2.90. The van der Waals surface area contributed by atoms with Gasteiger partial charge in [0.05, 0.1) is 13.0 Å². The number of carbonyl (C=O) groups is 1. The molecule has 0 aliphatic heterocycles. The second-order valence-electron chi connectivity index (χ2n) is 7.02. The third-order valence-corrected chi connectivity index (χ3v) is 4.81. The molecule has 36 heavy (non-hydrogen) atoms. The van der Waals surface area contributed by atoms with E-state index in [2.05, 4.69) is 9.15 Å². The molecule has 0 amide bonds. The van der Waals surface area contributed by atoms with Crippen LogP contribution in [0.25, 0.3) is 11.0 Å². The van der Waals surface area contributed by atoms with E-state index < -0.39 is 71.0 Å². The second-order valence-corrected chi connectivity index (χ2v) is 7.36. The molecular formula is C18H8ClF13O4. The minimum absolute atomic E-state index is 0.00952. The Kier molecular flexibility index (Phi) is 7.37. The largest absolute Gasteiger partial charge is 0.493 e. The van der Waals surface area contributed by atoms with Crippen LogP contribution in [0.2, 0.25) is 0 Å². The van der Waals surface area contributed by atoms with Crippen LogP contribution in [0, 0.1) is 0 Å². The van der Waals surface area contributed by atoms with Crippen LogP contribution in [0.15, 0.2) is 33.5 Å². The lowest BCUT2D eigenvalue weighted by molar-refractivity contribution is -0.440. The monoisotopic (exact) mass is 570 g/mol. The molecule has 2 aromatic rings. The summed E-state index contributed by atoms with van der Waals surface area (Å²) < 4.78 is 179. The van der Waals surface area contributed by atoms with Gasteiger partial charge in [0, 0.05) is 11.5 Å². The number of carbonyl (C=O) groups excluding carboxylic acids is 1. The smallest absolute Gasteiger partial charge is 0.460 e. The van der Waals surface area contributed by atoms with Gasteiger partial charge in [0.15, 0.2) is 0 Å². The predicted octanol–water partition coefficient (Wildman–Crippen LogP) is 6.68. The maximum absolute atomic E-state index is 13.8. The first-order valence-electron chi connectivity index (χ1n) is 8.87. The van der Waals surface area contributed by atoms with Gasteiger partial charge in [-0.05, 0) is 29.8 Å². The molecule has 0 aliphatic carbocycles. The lowest BCUT2D eigenvalue weighted by atomic mass is 9.93. The molecule has 0 spiro atoms. The lowest BCUT2D eigenvalue weighted by Crippen LogP contribution is -2.70. The zero-order valence-corrected chi connectivity index (χ0v) is 17.4. The molecule has 4 nitrogen and oxygen atoms in total. The van der Waals surface area contributed by atoms with Crippen LogP contribution in [0.5, 0.6) is 5.75 Å². The molecule has 0 bridgehead atoms. The summed E-state index contributed by atoms with van der Waals surface area (Å²) in [4.78, 5) is 22.7. The number of benzene rings is 1. The normalized spacial score (nSPS) is 14.3. The first-order valence-corrected chi connectivity index (χ1v) is 9.25. The van der Waals surface area contributed by atoms with E-state index in [1.54, 1.807) is 0 Å². The minimum Gasteiger partial charge on any atom is -0.493 e. The Hall–Kier alpha value is -2.72. The highest BCUT2D eigenvalue weighted by Crippen LogP contribution is 2.60. The zero-order chi connectivity index (χ0) is 28.1. The Balaban J connectivity index is 2.26. The minimum atomic E-state index is -7.98. The first kappa shape index (κ1) is 29.5. The number of alkyl halides is 13. The summed E-state index contributed by atoms with van der Waals surface area (Å²) in [5, 5.41) is -1.19. The van der Waals surface area contributed by atoms with Crippen molar-refractivity contribution < 1.29 is 71.0 Å². The van der Waals surface area contributed by atoms with E-state index >= 15 is 0 Å². The van der Waals surface area contributed by atoms with Crippen LogP contribution >= 0.6 is 11.6 Å². The summed E-state index contributed by atoms with van der Waals surface area (Å²) in [7, 11) is 0. The summed E-state index contributed by atoms with van der Waals surface area (Å²) in [6, 6.07) is 3.63. The summed E-state index contributed by atoms with van der Waals surface area (Å²) in [6.07, 6.45) is -10.1. The van der Waals surface area contributed by atoms with E-state index in [0.717, 1.165) is 24.3 Å². The number of hydrogen-bond acceptors (Lipinski definition) is 4. The maximum Gasteiger partial charge on any atom is 0.460 e. The van der Waals surface area contributed by atoms with Crippen LogP contribution in [0.4, 0.5) is 57.1 Å².